The summed E-state index contributed by atoms with van der Waals surface area (Å²) in [6.07, 6.45) is 1.89. The van der Waals surface area contributed by atoms with Gasteiger partial charge in [0, 0.05) is 5.57 Å². The topological polar surface area (TPSA) is 26.3 Å². The average Bonchev–Trinajstić information content (AvgIpc) is 2.03. The second kappa shape index (κ2) is 6.28. The fraction of sp³-hybridized carbons (Fsp3) is 0.667. The third kappa shape index (κ3) is 4.94. The minimum atomic E-state index is -0.855. The number of rotatable bonds is 5. The van der Waals surface area contributed by atoms with Crippen molar-refractivity contribution in [1.29, 1.82) is 0 Å². The first-order chi connectivity index (χ1) is 6.31. The Morgan fingerprint density at radius 2 is 2.07 bits per heavy atom. The van der Waals surface area contributed by atoms with E-state index in [2.05, 4.69) is 61.3 Å². The summed E-state index contributed by atoms with van der Waals surface area (Å²) < 4.78 is 4.31. The maximum atomic E-state index is 11.3. The van der Waals surface area contributed by atoms with Crippen LogP contribution in [-0.2, 0) is 9.53 Å². The molecule has 0 saturated heterocycles. The Kier molecular flexibility index (Phi) is 6.57. The fourth-order valence-electron chi connectivity index (χ4n) is 0.696. The zero-order valence-electron chi connectivity index (χ0n) is 8.15. The molecule has 0 amide bonds. The summed E-state index contributed by atoms with van der Waals surface area (Å²) in [6.45, 7) is 7.19. The van der Waals surface area contributed by atoms with E-state index in [4.69, 9.17) is 4.74 Å². The zero-order chi connectivity index (χ0) is 11.4. The summed E-state index contributed by atoms with van der Waals surface area (Å²) in [4.78, 5) is 11.3. The van der Waals surface area contributed by atoms with Crippen molar-refractivity contribution in [2.24, 2.45) is 0 Å². The minimum absolute atomic E-state index is 0.0169. The van der Waals surface area contributed by atoms with E-state index in [1.165, 1.54) is 0 Å². The molecule has 0 radical (unpaired) electrons. The lowest BCUT2D eigenvalue weighted by molar-refractivity contribution is -0.141. The van der Waals surface area contributed by atoms with Crippen LogP contribution in [0.25, 0.3) is 0 Å². The van der Waals surface area contributed by atoms with Crippen molar-refractivity contribution in [3.63, 3.8) is 0 Å². The van der Waals surface area contributed by atoms with Crippen molar-refractivity contribution in [3.8, 4) is 0 Å². The molecule has 0 rings (SSSR count). The number of carbonyl (C=O) groups excluding carboxylic acids is 1. The normalized spacial score (nSPS) is 13.5. The molecule has 0 aromatic carbocycles. The molecular weight excluding hydrogens is 380 g/mol. The van der Waals surface area contributed by atoms with Gasteiger partial charge in [0.2, 0.25) is 3.42 Å². The van der Waals surface area contributed by atoms with Crippen molar-refractivity contribution in [3.05, 3.63) is 12.2 Å². The van der Waals surface area contributed by atoms with Gasteiger partial charge < -0.3 is 4.74 Å². The van der Waals surface area contributed by atoms with Crippen LogP contribution in [0.1, 0.15) is 26.7 Å². The van der Waals surface area contributed by atoms with Gasteiger partial charge in [-0.25, -0.2) is 4.79 Å². The Morgan fingerprint density at radius 1 is 1.57 bits per heavy atom. The van der Waals surface area contributed by atoms with Gasteiger partial charge in [0.15, 0.2) is 0 Å². The van der Waals surface area contributed by atoms with Crippen molar-refractivity contribution in [1.82, 2.24) is 0 Å². The van der Waals surface area contributed by atoms with E-state index in [1.54, 1.807) is 6.92 Å². The lowest BCUT2D eigenvalue weighted by Gasteiger charge is -2.26. The molecule has 2 nitrogen and oxygen atoms in total. The Bertz CT molecular complexity index is 226. The monoisotopic (exact) mass is 390 g/mol. The molecule has 0 aliphatic heterocycles. The molecule has 0 fully saturated rings. The summed E-state index contributed by atoms with van der Waals surface area (Å²) in [5, 5.41) is 0. The highest BCUT2D eigenvalue weighted by Gasteiger charge is 2.35. The summed E-state index contributed by atoms with van der Waals surface area (Å²) in [5.74, 6) is -0.417. The highest BCUT2D eigenvalue weighted by Crippen LogP contribution is 2.38. The molecule has 0 spiro atoms. The summed E-state index contributed by atoms with van der Waals surface area (Å²) in [7, 11) is 0. The summed E-state index contributed by atoms with van der Waals surface area (Å²) >= 11 is 10.0. The Hall–Kier alpha value is 0.650. The molecule has 0 aromatic heterocycles. The number of halogens is 3. The van der Waals surface area contributed by atoms with Crippen molar-refractivity contribution < 1.29 is 9.53 Å². The zero-order valence-corrected chi connectivity index (χ0v) is 12.9. The largest absolute Gasteiger partial charge is 0.432 e. The van der Waals surface area contributed by atoms with Crippen LogP contribution in [0.2, 0.25) is 0 Å². The van der Waals surface area contributed by atoms with Crippen molar-refractivity contribution >= 4 is 53.8 Å². The van der Waals surface area contributed by atoms with E-state index in [0.29, 0.717) is 5.57 Å². The van der Waals surface area contributed by atoms with Gasteiger partial charge in [-0.2, -0.15) is 0 Å². The van der Waals surface area contributed by atoms with Gasteiger partial charge in [-0.1, -0.05) is 35.9 Å². The molecule has 0 bridgehead atoms. The van der Waals surface area contributed by atoms with Gasteiger partial charge >= 0.3 is 5.97 Å². The summed E-state index contributed by atoms with van der Waals surface area (Å²) in [6, 6.07) is 0. The van der Waals surface area contributed by atoms with Crippen LogP contribution in [0.3, 0.4) is 0 Å². The quantitative estimate of drug-likeness (QED) is 0.400. The highest BCUT2D eigenvalue weighted by atomic mass is 79.9. The van der Waals surface area contributed by atoms with E-state index < -0.39 is 9.39 Å². The first-order valence-electron chi connectivity index (χ1n) is 4.22. The number of hydrogen-bond donors (Lipinski definition) is 0. The molecule has 1 atom stereocenters. The van der Waals surface area contributed by atoms with Crippen molar-refractivity contribution in [2.75, 3.05) is 0 Å². The molecule has 1 unspecified atom stereocenters. The first kappa shape index (κ1) is 14.6. The molecule has 0 saturated carbocycles. The maximum absolute atomic E-state index is 11.3. The SMILES string of the molecule is C=C(C)C(=O)OC(Br)(Br)C(Br)CCC. The molecule has 5 heteroatoms. The molecular formula is C9H13Br3O2. The highest BCUT2D eigenvalue weighted by molar-refractivity contribution is 9.26. The van der Waals surface area contributed by atoms with E-state index in [9.17, 15) is 4.79 Å². The van der Waals surface area contributed by atoms with Crippen LogP contribution < -0.4 is 0 Å². The Balaban J connectivity index is 4.32. The second-order valence-electron chi connectivity index (χ2n) is 2.99. The lowest BCUT2D eigenvalue weighted by atomic mass is 10.2. The third-order valence-corrected chi connectivity index (χ3v) is 5.24. The molecule has 82 valence electrons. The minimum Gasteiger partial charge on any atom is -0.432 e. The van der Waals surface area contributed by atoms with Crippen LogP contribution in [0.4, 0.5) is 0 Å². The van der Waals surface area contributed by atoms with Crippen LogP contribution in [0.15, 0.2) is 12.2 Å². The van der Waals surface area contributed by atoms with Gasteiger partial charge in [0.05, 0.1) is 4.83 Å². The predicted octanol–water partition coefficient (Wildman–Crippen LogP) is 4.11. The van der Waals surface area contributed by atoms with Crippen molar-refractivity contribution in [2.45, 2.75) is 34.9 Å². The van der Waals surface area contributed by atoms with Gasteiger partial charge in [-0.3, -0.25) is 0 Å². The number of esters is 1. The molecule has 0 aliphatic rings. The summed E-state index contributed by atoms with van der Waals surface area (Å²) in [5.41, 5.74) is 0.379. The van der Waals surface area contributed by atoms with Gasteiger partial charge in [0.1, 0.15) is 0 Å². The maximum Gasteiger partial charge on any atom is 0.335 e. The van der Waals surface area contributed by atoms with Crippen LogP contribution in [0.5, 0.6) is 0 Å². The first-order valence-corrected chi connectivity index (χ1v) is 6.72. The third-order valence-electron chi connectivity index (χ3n) is 1.48. The fourth-order valence-corrected chi connectivity index (χ4v) is 2.00. The van der Waals surface area contributed by atoms with Crippen LogP contribution in [0, 0.1) is 0 Å². The van der Waals surface area contributed by atoms with Gasteiger partial charge in [0.25, 0.3) is 0 Å². The Morgan fingerprint density at radius 3 is 2.43 bits per heavy atom. The number of hydrogen-bond acceptors (Lipinski definition) is 2. The molecule has 0 aliphatic carbocycles. The predicted molar refractivity (Wildman–Crippen MR) is 69.1 cm³/mol. The lowest BCUT2D eigenvalue weighted by Crippen LogP contribution is -2.31. The number of carbonyl (C=O) groups is 1. The average molecular weight is 393 g/mol. The van der Waals surface area contributed by atoms with E-state index in [1.807, 2.05) is 0 Å². The smallest absolute Gasteiger partial charge is 0.335 e. The number of alkyl halides is 3. The second-order valence-corrected chi connectivity index (χ2v) is 7.51. The molecule has 0 heterocycles. The molecule has 0 aromatic rings. The Labute approximate surface area is 110 Å². The number of ether oxygens (including phenoxy) is 1. The van der Waals surface area contributed by atoms with Gasteiger partial charge in [-0.05, 0) is 45.2 Å². The van der Waals surface area contributed by atoms with E-state index >= 15 is 0 Å². The standard InChI is InChI=1S/C9H13Br3O2/c1-4-5-7(10)9(11,12)14-8(13)6(2)3/h7H,2,4-5H2,1,3H3. The van der Waals surface area contributed by atoms with E-state index in [0.717, 1.165) is 12.8 Å². The molecule has 14 heavy (non-hydrogen) atoms. The van der Waals surface area contributed by atoms with Gasteiger partial charge in [-0.15, -0.1) is 0 Å². The van der Waals surface area contributed by atoms with Crippen LogP contribution in [-0.4, -0.2) is 14.2 Å². The van der Waals surface area contributed by atoms with E-state index in [-0.39, 0.29) is 4.83 Å². The van der Waals surface area contributed by atoms with Crippen LogP contribution >= 0.6 is 47.8 Å². The molecule has 0 N–H and O–H groups in total.